The van der Waals surface area contributed by atoms with E-state index in [4.69, 9.17) is 10.2 Å². The summed E-state index contributed by atoms with van der Waals surface area (Å²) in [6.45, 7) is 2.19. The average molecular weight is 190 g/mol. The molecule has 1 aromatic rings. The van der Waals surface area contributed by atoms with Gasteiger partial charge in [-0.2, -0.15) is 0 Å². The van der Waals surface area contributed by atoms with Crippen LogP contribution in [0.3, 0.4) is 0 Å². The summed E-state index contributed by atoms with van der Waals surface area (Å²) in [5.41, 5.74) is 0.179. The van der Waals surface area contributed by atoms with Crippen molar-refractivity contribution >= 4 is 33.9 Å². The van der Waals surface area contributed by atoms with Crippen LogP contribution in [0, 0.1) is 0 Å². The van der Waals surface area contributed by atoms with Gasteiger partial charge in [0, 0.05) is 0 Å². The summed E-state index contributed by atoms with van der Waals surface area (Å²) >= 11 is 1.37. The van der Waals surface area contributed by atoms with Crippen molar-refractivity contribution < 1.29 is 15.0 Å². The molecule has 0 atom stereocenters. The van der Waals surface area contributed by atoms with Gasteiger partial charge in [0.1, 0.15) is 5.75 Å². The van der Waals surface area contributed by atoms with Crippen LogP contribution < -0.4 is 0 Å². The number of carbonyl (C=O) groups is 1. The van der Waals surface area contributed by atoms with E-state index >= 15 is 0 Å². The van der Waals surface area contributed by atoms with E-state index in [0.717, 1.165) is 0 Å². The Morgan fingerprint density at radius 2 is 1.77 bits per heavy atom. The number of rotatable bonds is 1. The minimum absolute atomic E-state index is 0.0741. The van der Waals surface area contributed by atoms with Gasteiger partial charge in [0.05, 0.1) is 5.56 Å². The third kappa shape index (κ3) is 5.69. The number of benzene rings is 1. The molecular formula is C9H11NaO3. The Morgan fingerprint density at radius 1 is 1.38 bits per heavy atom. The Bertz CT molecular complexity index is 256. The average Bonchev–Trinajstić information content (AvgIpc) is 2.06. The summed E-state index contributed by atoms with van der Waals surface area (Å²) in [6, 6.07) is 5.36. The molecular weight excluding hydrogens is 179 g/mol. The predicted octanol–water partition coefficient (Wildman–Crippen LogP) is 1.68. The van der Waals surface area contributed by atoms with Gasteiger partial charge in [-0.1, -0.05) is 0 Å². The van der Waals surface area contributed by atoms with Crippen LogP contribution in [-0.4, -0.2) is 44.1 Å². The molecule has 0 heterocycles. The number of aromatic hydroxyl groups is 1. The Kier molecular flexibility index (Phi) is 6.68. The molecule has 1 aromatic carbocycles. The fourth-order valence-electron chi connectivity index (χ4n) is 0.604. The van der Waals surface area contributed by atoms with E-state index in [1.54, 1.807) is 0 Å². The quantitative estimate of drug-likeness (QED) is 0.662. The summed E-state index contributed by atoms with van der Waals surface area (Å²) in [7, 11) is 0. The third-order valence-electron chi connectivity index (χ3n) is 1.11. The zero-order valence-electron chi connectivity index (χ0n) is 7.82. The molecule has 0 bridgehead atoms. The second-order valence-corrected chi connectivity index (χ2v) is 3.97. The zero-order valence-corrected chi connectivity index (χ0v) is 9.82. The van der Waals surface area contributed by atoms with Crippen LogP contribution in [0.15, 0.2) is 24.3 Å². The van der Waals surface area contributed by atoms with Gasteiger partial charge in [0.25, 0.3) is 0 Å². The van der Waals surface area contributed by atoms with E-state index in [0.29, 0.717) is 0 Å². The standard InChI is InChI=1S/C7H6O3.C2H5.Na/c8-6-3-1-5(2-4-6)7(9)10;1-2;/h1-4,8H,(H,9,10);1H2,2H3;. The first-order chi connectivity index (χ1) is 6.11. The van der Waals surface area contributed by atoms with Crippen LogP contribution in [0.25, 0.3) is 0 Å². The van der Waals surface area contributed by atoms with Gasteiger partial charge in [-0.25, -0.2) is 4.79 Å². The first-order valence-electron chi connectivity index (χ1n) is 4.14. The molecule has 0 saturated carbocycles. The maximum absolute atomic E-state index is 10.2. The first-order valence-corrected chi connectivity index (χ1v) is 5.55. The smallest absolute Gasteiger partial charge is 0.335 e. The van der Waals surface area contributed by atoms with Crippen molar-refractivity contribution in [1.29, 1.82) is 0 Å². The largest absolute Gasteiger partial charge is 0.508 e. The van der Waals surface area contributed by atoms with Crippen molar-refractivity contribution in [3.8, 4) is 5.75 Å². The SMILES string of the molecule is C[CH2][Na].O=C(O)c1ccc(O)cc1. The van der Waals surface area contributed by atoms with Crippen LogP contribution in [0.1, 0.15) is 17.3 Å². The first kappa shape index (κ1) is 12.5. The molecule has 4 heteroatoms. The molecule has 66 valence electrons. The van der Waals surface area contributed by atoms with E-state index in [-0.39, 0.29) is 11.3 Å². The van der Waals surface area contributed by atoms with Crippen molar-refractivity contribution in [1.82, 2.24) is 0 Å². The van der Waals surface area contributed by atoms with Crippen LogP contribution in [-0.2, 0) is 0 Å². The maximum atomic E-state index is 10.2. The minimum Gasteiger partial charge on any atom is -0.508 e. The predicted molar refractivity (Wildman–Crippen MR) is 51.3 cm³/mol. The molecule has 1 rings (SSSR count). The van der Waals surface area contributed by atoms with Crippen molar-refractivity contribution in [2.45, 2.75) is 10.6 Å². The van der Waals surface area contributed by atoms with Crippen molar-refractivity contribution in [2.75, 3.05) is 0 Å². The van der Waals surface area contributed by atoms with Gasteiger partial charge >= 0.3 is 44.5 Å². The summed E-state index contributed by atoms with van der Waals surface area (Å²) < 4.78 is 1.39. The Labute approximate surface area is 94.8 Å². The Morgan fingerprint density at radius 3 is 2.08 bits per heavy atom. The number of carboxylic acid groups (broad SMARTS) is 1. The number of phenols is 1. The van der Waals surface area contributed by atoms with Crippen LogP contribution in [0.5, 0.6) is 5.75 Å². The van der Waals surface area contributed by atoms with E-state index in [1.807, 2.05) is 0 Å². The fourth-order valence-corrected chi connectivity index (χ4v) is 0.604. The van der Waals surface area contributed by atoms with Gasteiger partial charge in [-0.15, -0.1) is 0 Å². The Hall–Kier alpha value is -0.510. The summed E-state index contributed by atoms with van der Waals surface area (Å²) in [5.74, 6) is -0.912. The molecule has 0 radical (unpaired) electrons. The zero-order chi connectivity index (χ0) is 10.3. The normalized spacial score (nSPS) is 8.54. The Balaban J connectivity index is 0.000000424. The number of carboxylic acids is 1. The summed E-state index contributed by atoms with van der Waals surface area (Å²) in [4.78, 5) is 10.2. The second kappa shape index (κ2) is 6.95. The van der Waals surface area contributed by atoms with Crippen molar-refractivity contribution in [3.05, 3.63) is 29.8 Å². The molecule has 0 fully saturated rings. The number of phenolic OH excluding ortho intramolecular Hbond substituents is 1. The van der Waals surface area contributed by atoms with Gasteiger partial charge in [-0.05, 0) is 24.3 Å². The number of hydrogen-bond donors (Lipinski definition) is 2. The maximum Gasteiger partial charge on any atom is 0.335 e. The monoisotopic (exact) mass is 190 g/mol. The molecule has 2 N–H and O–H groups in total. The van der Waals surface area contributed by atoms with Crippen molar-refractivity contribution in [2.24, 2.45) is 0 Å². The summed E-state index contributed by atoms with van der Waals surface area (Å²) in [6.07, 6.45) is 0. The third-order valence-corrected chi connectivity index (χ3v) is 1.11. The van der Waals surface area contributed by atoms with Crippen LogP contribution in [0.2, 0.25) is 3.67 Å². The molecule has 0 unspecified atom stereocenters. The fraction of sp³-hybridized carbons (Fsp3) is 0.222. The molecule has 0 spiro atoms. The molecule has 0 aliphatic heterocycles. The summed E-state index contributed by atoms with van der Waals surface area (Å²) in [5, 5.41) is 17.1. The van der Waals surface area contributed by atoms with Gasteiger partial charge in [0.2, 0.25) is 0 Å². The molecule has 0 aromatic heterocycles. The topological polar surface area (TPSA) is 57.5 Å². The van der Waals surface area contributed by atoms with Gasteiger partial charge in [0.15, 0.2) is 0 Å². The number of aromatic carboxylic acids is 1. The van der Waals surface area contributed by atoms with E-state index < -0.39 is 5.97 Å². The van der Waals surface area contributed by atoms with E-state index in [2.05, 4.69) is 6.92 Å². The minimum atomic E-state index is -0.986. The van der Waals surface area contributed by atoms with Gasteiger partial charge < -0.3 is 10.2 Å². The molecule has 0 aliphatic carbocycles. The van der Waals surface area contributed by atoms with Crippen molar-refractivity contribution in [3.63, 3.8) is 0 Å². The van der Waals surface area contributed by atoms with Crippen LogP contribution in [0.4, 0.5) is 0 Å². The number of hydrogen-bond acceptors (Lipinski definition) is 2. The van der Waals surface area contributed by atoms with E-state index in [1.165, 1.54) is 55.9 Å². The molecule has 0 aliphatic rings. The molecule has 3 nitrogen and oxygen atoms in total. The van der Waals surface area contributed by atoms with E-state index in [9.17, 15) is 4.79 Å². The second-order valence-electron chi connectivity index (χ2n) is 2.56. The molecule has 0 saturated heterocycles. The van der Waals surface area contributed by atoms with Gasteiger partial charge in [-0.3, -0.25) is 0 Å². The molecule has 0 amide bonds. The molecule has 13 heavy (non-hydrogen) atoms. The van der Waals surface area contributed by atoms with Crippen LogP contribution >= 0.6 is 0 Å².